The summed E-state index contributed by atoms with van der Waals surface area (Å²) in [6, 6.07) is 6.50. The highest BCUT2D eigenvalue weighted by Crippen LogP contribution is 2.42. The predicted molar refractivity (Wildman–Crippen MR) is 109 cm³/mol. The summed E-state index contributed by atoms with van der Waals surface area (Å²) >= 11 is 0. The van der Waals surface area contributed by atoms with E-state index >= 15 is 0 Å². The Morgan fingerprint density at radius 1 is 1.30 bits per heavy atom. The van der Waals surface area contributed by atoms with Crippen molar-refractivity contribution in [3.8, 4) is 17.3 Å². The van der Waals surface area contributed by atoms with Crippen LogP contribution in [0.25, 0.3) is 11.3 Å². The summed E-state index contributed by atoms with van der Waals surface area (Å²) in [5.74, 6) is -1.41. The monoisotopic (exact) mass is 482 g/mol. The lowest BCUT2D eigenvalue weighted by Crippen LogP contribution is -2.42. The van der Waals surface area contributed by atoms with Gasteiger partial charge in [0.25, 0.3) is 0 Å². The molecule has 0 spiro atoms. The maximum atomic E-state index is 13.9. The number of amides is 1. The lowest BCUT2D eigenvalue weighted by atomic mass is 10.0. The van der Waals surface area contributed by atoms with E-state index in [1.54, 1.807) is 0 Å². The number of carbonyl (C=O) groups is 1. The quantitative estimate of drug-likeness (QED) is 0.652. The topological polar surface area (TPSA) is 125 Å². The first-order valence-corrected chi connectivity index (χ1v) is 11.8. The molecule has 2 fully saturated rings. The number of aromatic nitrogens is 2. The van der Waals surface area contributed by atoms with Gasteiger partial charge in [-0.1, -0.05) is 6.07 Å². The minimum absolute atomic E-state index is 0.129. The van der Waals surface area contributed by atoms with Gasteiger partial charge in [-0.3, -0.25) is 9.89 Å². The summed E-state index contributed by atoms with van der Waals surface area (Å²) in [7, 11) is -3.14. The molecule has 4 rings (SSSR count). The van der Waals surface area contributed by atoms with Gasteiger partial charge in [-0.15, -0.1) is 0 Å². The zero-order valence-electron chi connectivity index (χ0n) is 17.5. The summed E-state index contributed by atoms with van der Waals surface area (Å²) in [4.78, 5) is 11.9. The van der Waals surface area contributed by atoms with E-state index in [0.717, 1.165) is 12.1 Å². The number of alkyl halides is 3. The Hall–Kier alpha value is -2.91. The number of rotatable bonds is 6. The summed E-state index contributed by atoms with van der Waals surface area (Å²) in [6.45, 7) is 0. The van der Waals surface area contributed by atoms with Crippen molar-refractivity contribution < 1.29 is 31.1 Å². The van der Waals surface area contributed by atoms with Crippen LogP contribution in [-0.2, 0) is 25.5 Å². The third-order valence-corrected chi connectivity index (χ3v) is 8.50. The third kappa shape index (κ3) is 4.35. The Morgan fingerprint density at radius 3 is 2.58 bits per heavy atom. The highest BCUT2D eigenvalue weighted by atomic mass is 32.2. The SMILES string of the molecule is CO[C@H]1C[C@@H](S(=O)(=O)c2ccc(-c3ccn[nH]3)cc2C(F)(F)F)C[C@@H]1C(=O)NC1(C#N)CC1. The Bertz CT molecular complexity index is 1200. The van der Waals surface area contributed by atoms with Crippen LogP contribution < -0.4 is 5.32 Å². The van der Waals surface area contributed by atoms with Crippen molar-refractivity contribution in [1.82, 2.24) is 15.5 Å². The fraction of sp³-hybridized carbons (Fsp3) is 0.476. The van der Waals surface area contributed by atoms with Gasteiger partial charge in [-0.25, -0.2) is 8.42 Å². The number of methoxy groups -OCH3 is 1. The first kappa shape index (κ1) is 23.3. The van der Waals surface area contributed by atoms with Crippen LogP contribution in [0.1, 0.15) is 31.2 Å². The van der Waals surface area contributed by atoms with Gasteiger partial charge in [0.2, 0.25) is 5.91 Å². The summed E-state index contributed by atoms with van der Waals surface area (Å²) in [5, 5.41) is 16.8. The number of halogens is 3. The van der Waals surface area contributed by atoms with Gasteiger partial charge in [0, 0.05) is 18.9 Å². The second kappa shape index (κ2) is 8.14. The van der Waals surface area contributed by atoms with E-state index in [1.165, 1.54) is 25.4 Å². The van der Waals surface area contributed by atoms with Crippen LogP contribution in [0.5, 0.6) is 0 Å². The first-order chi connectivity index (χ1) is 15.5. The van der Waals surface area contributed by atoms with E-state index in [0.29, 0.717) is 18.5 Å². The van der Waals surface area contributed by atoms with Crippen LogP contribution in [0.2, 0.25) is 0 Å². The van der Waals surface area contributed by atoms with E-state index in [9.17, 15) is 31.6 Å². The van der Waals surface area contributed by atoms with E-state index in [4.69, 9.17) is 4.74 Å². The van der Waals surface area contributed by atoms with E-state index in [-0.39, 0.29) is 18.4 Å². The molecule has 2 N–H and O–H groups in total. The van der Waals surface area contributed by atoms with E-state index in [2.05, 4.69) is 15.5 Å². The van der Waals surface area contributed by atoms with Gasteiger partial charge >= 0.3 is 6.18 Å². The van der Waals surface area contributed by atoms with Gasteiger partial charge in [0.15, 0.2) is 9.84 Å². The Labute approximate surface area is 188 Å². The number of nitrogens with one attached hydrogen (secondary N) is 2. The molecule has 3 atom stereocenters. The van der Waals surface area contributed by atoms with Gasteiger partial charge in [0.05, 0.1) is 39.5 Å². The van der Waals surface area contributed by atoms with Crippen molar-refractivity contribution in [2.45, 2.75) is 53.6 Å². The molecule has 0 aliphatic heterocycles. The summed E-state index contributed by atoms with van der Waals surface area (Å²) in [5.41, 5.74) is -1.77. The number of sulfone groups is 1. The number of aromatic amines is 1. The Balaban J connectivity index is 1.65. The van der Waals surface area contributed by atoms with Crippen LogP contribution in [0.3, 0.4) is 0 Å². The Morgan fingerprint density at radius 2 is 2.03 bits per heavy atom. The molecule has 12 heteroatoms. The lowest BCUT2D eigenvalue weighted by molar-refractivity contribution is -0.139. The number of hydrogen-bond donors (Lipinski definition) is 2. The van der Waals surface area contributed by atoms with Crippen molar-refractivity contribution in [2.75, 3.05) is 7.11 Å². The van der Waals surface area contributed by atoms with Gasteiger partial charge < -0.3 is 10.1 Å². The second-order valence-electron chi connectivity index (χ2n) is 8.38. The van der Waals surface area contributed by atoms with E-state index < -0.39 is 55.2 Å². The van der Waals surface area contributed by atoms with Crippen molar-refractivity contribution in [3.63, 3.8) is 0 Å². The molecule has 8 nitrogen and oxygen atoms in total. The van der Waals surface area contributed by atoms with Crippen molar-refractivity contribution in [1.29, 1.82) is 5.26 Å². The van der Waals surface area contributed by atoms with Gasteiger partial charge in [0.1, 0.15) is 5.54 Å². The molecule has 0 bridgehead atoms. The highest BCUT2D eigenvalue weighted by molar-refractivity contribution is 7.92. The second-order valence-corrected chi connectivity index (χ2v) is 10.6. The maximum Gasteiger partial charge on any atom is 0.417 e. The molecule has 1 heterocycles. The number of H-pyrrole nitrogens is 1. The largest absolute Gasteiger partial charge is 0.417 e. The molecule has 176 valence electrons. The molecular weight excluding hydrogens is 461 g/mol. The van der Waals surface area contributed by atoms with Crippen LogP contribution >= 0.6 is 0 Å². The molecule has 0 saturated heterocycles. The van der Waals surface area contributed by atoms with Gasteiger partial charge in [-0.05, 0) is 43.9 Å². The maximum absolute atomic E-state index is 13.9. The third-order valence-electron chi connectivity index (χ3n) is 6.27. The summed E-state index contributed by atoms with van der Waals surface area (Å²) in [6.07, 6.45) is -3.67. The van der Waals surface area contributed by atoms with Crippen LogP contribution in [0, 0.1) is 17.2 Å². The molecule has 2 aliphatic rings. The van der Waals surface area contributed by atoms with Crippen LogP contribution in [-0.4, -0.2) is 48.5 Å². The fourth-order valence-corrected chi connectivity index (χ4v) is 6.23. The number of nitriles is 1. The molecule has 1 aromatic heterocycles. The van der Waals surface area contributed by atoms with E-state index in [1.807, 2.05) is 6.07 Å². The molecule has 2 aromatic rings. The molecular formula is C21H21F3N4O4S. The van der Waals surface area contributed by atoms with Gasteiger partial charge in [-0.2, -0.15) is 23.5 Å². The molecule has 0 radical (unpaired) electrons. The van der Waals surface area contributed by atoms with Crippen molar-refractivity contribution in [2.24, 2.45) is 5.92 Å². The van der Waals surface area contributed by atoms with Crippen molar-refractivity contribution >= 4 is 15.7 Å². The molecule has 1 aromatic carbocycles. The van der Waals surface area contributed by atoms with Crippen LogP contribution in [0.4, 0.5) is 13.2 Å². The normalized spacial score (nSPS) is 24.3. The standard InChI is InChI=1S/C21H21F3N4O4S/c1-32-17-10-13(9-14(17)19(29)27-20(11-25)5-6-20)33(30,31)18-3-2-12(16-4-7-26-28-16)8-15(18)21(22,23)24/h2-4,7-8,13-14,17H,5-6,9-10H2,1H3,(H,26,28)(H,27,29)/t13-,14-,17-/m0/s1. The number of nitrogens with zero attached hydrogens (tertiary/aromatic N) is 2. The van der Waals surface area contributed by atoms with Crippen LogP contribution in [0.15, 0.2) is 35.4 Å². The number of ether oxygens (including phenoxy) is 1. The average molecular weight is 482 g/mol. The highest BCUT2D eigenvalue weighted by Gasteiger charge is 2.51. The molecule has 0 unspecified atom stereocenters. The summed E-state index contributed by atoms with van der Waals surface area (Å²) < 4.78 is 73.5. The minimum Gasteiger partial charge on any atom is -0.381 e. The fourth-order valence-electron chi connectivity index (χ4n) is 4.23. The number of hydrogen-bond acceptors (Lipinski definition) is 6. The predicted octanol–water partition coefficient (Wildman–Crippen LogP) is 2.84. The zero-order chi connectivity index (χ0) is 24.0. The Kier molecular flexibility index (Phi) is 5.74. The molecule has 1 amide bonds. The number of carbonyl (C=O) groups excluding carboxylic acids is 1. The lowest BCUT2D eigenvalue weighted by Gasteiger charge is -2.19. The number of benzene rings is 1. The van der Waals surface area contributed by atoms with Crippen molar-refractivity contribution in [3.05, 3.63) is 36.0 Å². The molecule has 2 saturated carbocycles. The molecule has 33 heavy (non-hydrogen) atoms. The molecule has 2 aliphatic carbocycles. The zero-order valence-corrected chi connectivity index (χ0v) is 18.3. The smallest absolute Gasteiger partial charge is 0.381 e. The first-order valence-electron chi connectivity index (χ1n) is 10.2. The minimum atomic E-state index is -4.92. The average Bonchev–Trinajstić information content (AvgIpc) is 3.18.